The van der Waals surface area contributed by atoms with Crippen LogP contribution in [0.25, 0.3) is 11.2 Å². The first-order chi connectivity index (χ1) is 14.4. The minimum absolute atomic E-state index is 0.0402. The summed E-state index contributed by atoms with van der Waals surface area (Å²) in [6, 6.07) is 6.09. The van der Waals surface area contributed by atoms with E-state index in [1.807, 2.05) is 0 Å². The van der Waals surface area contributed by atoms with E-state index in [0.717, 1.165) is 5.69 Å². The lowest BCUT2D eigenvalue weighted by Crippen LogP contribution is -2.40. The number of rotatable bonds is 5. The van der Waals surface area contributed by atoms with E-state index in [1.165, 1.54) is 4.90 Å². The van der Waals surface area contributed by atoms with Crippen LogP contribution in [0.1, 0.15) is 28.9 Å². The number of carbonyl (C=O) groups is 2. The predicted molar refractivity (Wildman–Crippen MR) is 109 cm³/mol. The number of aliphatic carboxylic acids is 1. The summed E-state index contributed by atoms with van der Waals surface area (Å²) in [4.78, 5) is 41.8. The molecule has 3 aromatic rings. The quantitative estimate of drug-likeness (QED) is 0.474. The first kappa shape index (κ1) is 19.3. The highest BCUT2D eigenvalue weighted by atomic mass is 16.4. The molecule has 0 spiro atoms. The number of hydrogen-bond donors (Lipinski definition) is 4. The Kier molecular flexibility index (Phi) is 5.00. The standard InChI is InChI=1S/C19H20N8O3/c20-15-14-16(26-19(21)25-15)23-9-12(24-14)8-22-11-5-3-10(4-6-11)17(28)27-7-1-2-13(27)18(29)30/h3-6,9,13,22H,1-2,7-8H2,(H,29,30)(H4,20,21,23,25,26). The van der Waals surface area contributed by atoms with E-state index in [4.69, 9.17) is 11.5 Å². The van der Waals surface area contributed by atoms with Crippen molar-refractivity contribution in [2.24, 2.45) is 0 Å². The molecule has 1 aromatic carbocycles. The van der Waals surface area contributed by atoms with E-state index in [9.17, 15) is 14.7 Å². The van der Waals surface area contributed by atoms with Gasteiger partial charge in [0.1, 0.15) is 6.04 Å². The van der Waals surface area contributed by atoms with Crippen LogP contribution in [0.2, 0.25) is 0 Å². The lowest BCUT2D eigenvalue weighted by Gasteiger charge is -2.21. The Hall–Kier alpha value is -4.02. The van der Waals surface area contributed by atoms with E-state index in [2.05, 4.69) is 25.3 Å². The van der Waals surface area contributed by atoms with Crippen molar-refractivity contribution in [3.05, 3.63) is 41.7 Å². The van der Waals surface area contributed by atoms with Crippen molar-refractivity contribution in [3.63, 3.8) is 0 Å². The molecule has 1 saturated heterocycles. The van der Waals surface area contributed by atoms with Gasteiger partial charge in [-0.3, -0.25) is 4.79 Å². The van der Waals surface area contributed by atoms with Gasteiger partial charge >= 0.3 is 5.97 Å². The summed E-state index contributed by atoms with van der Waals surface area (Å²) in [5.41, 5.74) is 13.9. The number of fused-ring (bicyclic) bond motifs is 1. The first-order valence-corrected chi connectivity index (χ1v) is 9.34. The third-order valence-electron chi connectivity index (χ3n) is 4.91. The number of carboxylic acid groups (broad SMARTS) is 1. The summed E-state index contributed by atoms with van der Waals surface area (Å²) in [6.45, 7) is 0.822. The molecule has 1 unspecified atom stereocenters. The van der Waals surface area contributed by atoms with E-state index >= 15 is 0 Å². The van der Waals surface area contributed by atoms with Crippen molar-refractivity contribution in [2.75, 3.05) is 23.3 Å². The third kappa shape index (κ3) is 3.77. The van der Waals surface area contributed by atoms with Crippen LogP contribution >= 0.6 is 0 Å². The Morgan fingerprint density at radius 3 is 2.67 bits per heavy atom. The van der Waals surface area contributed by atoms with Gasteiger partial charge in [-0.25, -0.2) is 14.8 Å². The van der Waals surface area contributed by atoms with Crippen LogP contribution in [0.5, 0.6) is 0 Å². The summed E-state index contributed by atoms with van der Waals surface area (Å²) in [7, 11) is 0. The number of carbonyl (C=O) groups excluding carboxylic acids is 1. The predicted octanol–water partition coefficient (Wildman–Crippen LogP) is 0.885. The zero-order valence-corrected chi connectivity index (χ0v) is 15.9. The van der Waals surface area contributed by atoms with Gasteiger partial charge in [-0.2, -0.15) is 9.97 Å². The number of nitrogen functional groups attached to an aromatic ring is 2. The highest BCUT2D eigenvalue weighted by Crippen LogP contribution is 2.21. The topological polar surface area (TPSA) is 173 Å². The molecule has 1 fully saturated rings. The highest BCUT2D eigenvalue weighted by molar-refractivity contribution is 5.97. The Balaban J connectivity index is 1.43. The number of amides is 1. The van der Waals surface area contributed by atoms with E-state index in [0.29, 0.717) is 48.4 Å². The minimum atomic E-state index is -0.968. The maximum Gasteiger partial charge on any atom is 0.326 e. The molecular weight excluding hydrogens is 388 g/mol. The van der Waals surface area contributed by atoms with Crippen molar-refractivity contribution in [1.82, 2.24) is 24.8 Å². The SMILES string of the molecule is Nc1nc(N)c2nc(CNc3ccc(C(=O)N4CCCC4C(=O)O)cc3)cnc2n1. The maximum absolute atomic E-state index is 12.6. The smallest absolute Gasteiger partial charge is 0.326 e. The summed E-state index contributed by atoms with van der Waals surface area (Å²) >= 11 is 0. The van der Waals surface area contributed by atoms with Crippen molar-refractivity contribution < 1.29 is 14.7 Å². The average Bonchev–Trinajstić information content (AvgIpc) is 3.22. The van der Waals surface area contributed by atoms with Gasteiger partial charge in [-0.1, -0.05) is 0 Å². The molecule has 6 N–H and O–H groups in total. The van der Waals surface area contributed by atoms with Crippen molar-refractivity contribution in [1.29, 1.82) is 0 Å². The zero-order chi connectivity index (χ0) is 21.3. The van der Waals surface area contributed by atoms with Crippen LogP contribution < -0.4 is 16.8 Å². The fraction of sp³-hybridized carbons (Fsp3) is 0.263. The molecule has 0 radical (unpaired) electrons. The maximum atomic E-state index is 12.6. The number of aromatic nitrogens is 4. The van der Waals surface area contributed by atoms with Crippen LogP contribution in [0, 0.1) is 0 Å². The number of anilines is 3. The zero-order valence-electron chi connectivity index (χ0n) is 15.9. The Labute approximate surface area is 171 Å². The van der Waals surface area contributed by atoms with Gasteiger partial charge < -0.3 is 26.8 Å². The van der Waals surface area contributed by atoms with Gasteiger partial charge in [0.25, 0.3) is 5.91 Å². The highest BCUT2D eigenvalue weighted by Gasteiger charge is 2.34. The molecule has 0 saturated carbocycles. The van der Waals surface area contributed by atoms with Crippen molar-refractivity contribution in [3.8, 4) is 0 Å². The molecular formula is C19H20N8O3. The molecule has 30 heavy (non-hydrogen) atoms. The second-order valence-corrected chi connectivity index (χ2v) is 6.93. The number of hydrogen-bond acceptors (Lipinski definition) is 9. The van der Waals surface area contributed by atoms with Crippen LogP contribution in [0.15, 0.2) is 30.5 Å². The molecule has 11 heteroatoms. The van der Waals surface area contributed by atoms with Crippen LogP contribution in [-0.4, -0.2) is 54.4 Å². The summed E-state index contributed by atoms with van der Waals surface area (Å²) in [6.07, 6.45) is 2.74. The van der Waals surface area contributed by atoms with Crippen molar-refractivity contribution >= 4 is 40.5 Å². The normalized spacial score (nSPS) is 16.0. The fourth-order valence-electron chi connectivity index (χ4n) is 3.42. The van der Waals surface area contributed by atoms with Crippen molar-refractivity contribution in [2.45, 2.75) is 25.4 Å². The lowest BCUT2D eigenvalue weighted by atomic mass is 10.1. The number of likely N-dealkylation sites (tertiary alicyclic amines) is 1. The number of nitrogens with one attached hydrogen (secondary N) is 1. The van der Waals surface area contributed by atoms with E-state index < -0.39 is 12.0 Å². The molecule has 1 aliphatic rings. The first-order valence-electron chi connectivity index (χ1n) is 9.34. The number of nitrogens with two attached hydrogens (primary N) is 2. The summed E-state index contributed by atoms with van der Waals surface area (Å²) < 4.78 is 0. The molecule has 1 atom stereocenters. The molecule has 11 nitrogen and oxygen atoms in total. The second-order valence-electron chi connectivity index (χ2n) is 6.93. The molecule has 0 bridgehead atoms. The van der Waals surface area contributed by atoms with Gasteiger partial charge in [0.15, 0.2) is 17.0 Å². The van der Waals surface area contributed by atoms with Gasteiger partial charge in [-0.15, -0.1) is 0 Å². The van der Waals surface area contributed by atoms with Gasteiger partial charge in [0.2, 0.25) is 5.95 Å². The van der Waals surface area contributed by atoms with E-state index in [-0.39, 0.29) is 17.7 Å². The van der Waals surface area contributed by atoms with Gasteiger partial charge in [0, 0.05) is 17.8 Å². The monoisotopic (exact) mass is 408 g/mol. The molecule has 1 aliphatic heterocycles. The number of benzene rings is 1. The lowest BCUT2D eigenvalue weighted by molar-refractivity contribution is -0.141. The van der Waals surface area contributed by atoms with Crippen LogP contribution in [-0.2, 0) is 11.3 Å². The van der Waals surface area contributed by atoms with Gasteiger partial charge in [0.05, 0.1) is 18.4 Å². The minimum Gasteiger partial charge on any atom is -0.480 e. The van der Waals surface area contributed by atoms with E-state index in [1.54, 1.807) is 30.5 Å². The number of nitrogens with zero attached hydrogens (tertiary/aromatic N) is 5. The molecule has 3 heterocycles. The van der Waals surface area contributed by atoms with Crippen LogP contribution in [0.4, 0.5) is 17.5 Å². The summed E-state index contributed by atoms with van der Waals surface area (Å²) in [5.74, 6) is -1.04. The molecule has 0 aliphatic carbocycles. The second kappa shape index (κ2) is 7.78. The van der Waals surface area contributed by atoms with Crippen LogP contribution in [0.3, 0.4) is 0 Å². The number of carboxylic acids is 1. The summed E-state index contributed by atoms with van der Waals surface area (Å²) in [5, 5.41) is 12.5. The molecule has 4 rings (SSSR count). The third-order valence-corrected chi connectivity index (χ3v) is 4.91. The Morgan fingerprint density at radius 2 is 1.93 bits per heavy atom. The van der Waals surface area contributed by atoms with Gasteiger partial charge in [-0.05, 0) is 37.1 Å². The molecule has 154 valence electrons. The fourth-order valence-corrected chi connectivity index (χ4v) is 3.42. The molecule has 2 aromatic heterocycles. The molecule has 1 amide bonds. The Bertz CT molecular complexity index is 1120. The largest absolute Gasteiger partial charge is 0.480 e. The Morgan fingerprint density at radius 1 is 1.17 bits per heavy atom. The average molecular weight is 408 g/mol.